The molecule has 0 saturated carbocycles. The third-order valence-corrected chi connectivity index (χ3v) is 20.2. The molecular weight excluding hydrogens is 970 g/mol. The van der Waals surface area contributed by atoms with Crippen molar-refractivity contribution < 1.29 is 0 Å². The van der Waals surface area contributed by atoms with Crippen molar-refractivity contribution in [1.29, 1.82) is 0 Å². The Hall–Kier alpha value is -7.90. The van der Waals surface area contributed by atoms with E-state index in [0.717, 1.165) is 13.1 Å². The number of fused-ring (bicyclic) bond motifs is 16. The van der Waals surface area contributed by atoms with Gasteiger partial charge in [-0.3, -0.25) is 0 Å². The summed E-state index contributed by atoms with van der Waals surface area (Å²) in [5, 5.41) is 2.73. The van der Waals surface area contributed by atoms with Crippen molar-refractivity contribution in [1.82, 2.24) is 0 Å². The van der Waals surface area contributed by atoms with Gasteiger partial charge in [0.1, 0.15) is 0 Å². The lowest BCUT2D eigenvalue weighted by Gasteiger charge is -2.44. The van der Waals surface area contributed by atoms with Gasteiger partial charge in [-0.15, -0.1) is 22.7 Å². The summed E-state index contributed by atoms with van der Waals surface area (Å²) in [6, 6.07) is 79.4. The molecular formula is C71H56BN3S2. The van der Waals surface area contributed by atoms with Crippen molar-refractivity contribution >= 4 is 94.3 Å². The second kappa shape index (κ2) is 16.8. The molecule has 11 aromatic rings. The average molecular weight is 1030 g/mol. The molecule has 77 heavy (non-hydrogen) atoms. The highest BCUT2D eigenvalue weighted by molar-refractivity contribution is 7.33. The van der Waals surface area contributed by atoms with Crippen molar-refractivity contribution in [2.45, 2.75) is 57.8 Å². The monoisotopic (exact) mass is 1030 g/mol. The molecule has 5 heterocycles. The largest absolute Gasteiger partial charge is 0.363 e. The summed E-state index contributed by atoms with van der Waals surface area (Å²) in [4.78, 5) is 9.49. The molecule has 0 unspecified atom stereocenters. The van der Waals surface area contributed by atoms with E-state index in [1.54, 1.807) is 0 Å². The number of hydrogen-bond acceptors (Lipinski definition) is 5. The van der Waals surface area contributed by atoms with E-state index in [-0.39, 0.29) is 12.1 Å². The minimum atomic E-state index is -0.481. The fourth-order valence-electron chi connectivity index (χ4n) is 14.3. The molecule has 370 valence electrons. The predicted octanol–water partition coefficient (Wildman–Crippen LogP) is 17.3. The van der Waals surface area contributed by atoms with Gasteiger partial charge in [0.25, 0.3) is 6.71 Å². The Morgan fingerprint density at radius 2 is 1.04 bits per heavy atom. The van der Waals surface area contributed by atoms with Gasteiger partial charge in [-0.25, -0.2) is 0 Å². The fraction of sp³-hybridized carbons (Fsp3) is 0.155. The van der Waals surface area contributed by atoms with Gasteiger partial charge < -0.3 is 14.7 Å². The third-order valence-electron chi connectivity index (χ3n) is 17.6. The summed E-state index contributed by atoms with van der Waals surface area (Å²) in [5.74, 6) is 0. The molecule has 3 nitrogen and oxygen atoms in total. The van der Waals surface area contributed by atoms with E-state index in [1.807, 2.05) is 11.3 Å². The first-order valence-electron chi connectivity index (χ1n) is 27.6. The molecule has 0 amide bonds. The van der Waals surface area contributed by atoms with Crippen molar-refractivity contribution in [2.24, 2.45) is 0 Å². The van der Waals surface area contributed by atoms with E-state index in [1.165, 1.54) is 161 Å². The zero-order valence-corrected chi connectivity index (χ0v) is 45.5. The number of aryl methyl sites for hydroxylation is 1. The zero-order chi connectivity index (χ0) is 51.3. The maximum absolute atomic E-state index is 2.69. The normalized spacial score (nSPS) is 16.5. The molecule has 1 fully saturated rings. The number of piperidine rings is 1. The number of rotatable bonds is 5. The second-order valence-corrected chi connectivity index (χ2v) is 25.2. The summed E-state index contributed by atoms with van der Waals surface area (Å²) >= 11 is 4.05. The maximum Gasteiger partial charge on any atom is 0.264 e. The highest BCUT2D eigenvalue weighted by Crippen LogP contribution is 2.66. The molecule has 6 heteroatoms. The Labute approximate surface area is 460 Å². The van der Waals surface area contributed by atoms with Gasteiger partial charge in [-0.2, -0.15) is 0 Å². The molecule has 9 aromatic carbocycles. The highest BCUT2D eigenvalue weighted by atomic mass is 32.1. The first-order valence-corrected chi connectivity index (χ1v) is 29.3. The number of benzene rings is 9. The van der Waals surface area contributed by atoms with Crippen LogP contribution in [0, 0.1) is 6.92 Å². The van der Waals surface area contributed by atoms with Gasteiger partial charge in [0.2, 0.25) is 0 Å². The Balaban J connectivity index is 1.04. The second-order valence-electron chi connectivity index (χ2n) is 23.0. The van der Waals surface area contributed by atoms with E-state index in [9.17, 15) is 0 Å². The van der Waals surface area contributed by atoms with E-state index < -0.39 is 5.41 Å². The predicted molar refractivity (Wildman–Crippen MR) is 330 cm³/mol. The van der Waals surface area contributed by atoms with Gasteiger partial charge in [0.15, 0.2) is 0 Å². The summed E-state index contributed by atoms with van der Waals surface area (Å²) in [5.41, 5.74) is 26.6. The van der Waals surface area contributed by atoms with Crippen molar-refractivity contribution in [3.05, 3.63) is 239 Å². The maximum atomic E-state index is 2.69. The van der Waals surface area contributed by atoms with Crippen LogP contribution >= 0.6 is 22.7 Å². The van der Waals surface area contributed by atoms with Crippen LogP contribution in [0.3, 0.4) is 0 Å². The number of hydrogen-bond donors (Lipinski definition) is 0. The Morgan fingerprint density at radius 3 is 1.69 bits per heavy atom. The van der Waals surface area contributed by atoms with Gasteiger partial charge >= 0.3 is 0 Å². The first kappa shape index (κ1) is 45.3. The Morgan fingerprint density at radius 1 is 0.468 bits per heavy atom. The topological polar surface area (TPSA) is 9.72 Å². The summed E-state index contributed by atoms with van der Waals surface area (Å²) in [6.45, 7) is 11.6. The van der Waals surface area contributed by atoms with E-state index in [0.29, 0.717) is 0 Å². The molecule has 5 aliphatic rings. The SMILES string of the molecule is Cc1cc2c3c(c1)N(c1ccccc1-c1ccccc1)c1c(sc4ccc(C(C)(C)C)cc14)B3c1cc3c(cc1N2c1ccccc1-c1ccccc1)[C@@]1(c2ccccc2-3)c2ccccc2-c2cc(N3CCCCC3)sc21. The van der Waals surface area contributed by atoms with Crippen LogP contribution in [0.1, 0.15) is 72.7 Å². The lowest BCUT2D eigenvalue weighted by molar-refractivity contribution is 0.580. The van der Waals surface area contributed by atoms with E-state index in [4.69, 9.17) is 0 Å². The molecule has 0 N–H and O–H groups in total. The minimum absolute atomic E-state index is 0.0318. The van der Waals surface area contributed by atoms with Crippen LogP contribution in [0.5, 0.6) is 0 Å². The molecule has 16 rings (SSSR count). The first-order chi connectivity index (χ1) is 37.8. The highest BCUT2D eigenvalue weighted by Gasteiger charge is 2.55. The van der Waals surface area contributed by atoms with Gasteiger partial charge in [-0.05, 0) is 152 Å². The van der Waals surface area contributed by atoms with Crippen LogP contribution in [-0.2, 0) is 10.8 Å². The molecule has 0 bridgehead atoms. The average Bonchev–Trinajstić information content (AvgIpc) is 4.39. The zero-order valence-electron chi connectivity index (χ0n) is 43.9. The van der Waals surface area contributed by atoms with Crippen LogP contribution < -0.4 is 30.4 Å². The van der Waals surface area contributed by atoms with E-state index in [2.05, 4.69) is 260 Å². The van der Waals surface area contributed by atoms with Crippen molar-refractivity contribution in [2.75, 3.05) is 27.8 Å². The fourth-order valence-corrected chi connectivity index (χ4v) is 17.0. The lowest BCUT2D eigenvalue weighted by Crippen LogP contribution is -2.60. The van der Waals surface area contributed by atoms with Crippen LogP contribution in [0.4, 0.5) is 39.1 Å². The molecule has 2 aliphatic carbocycles. The molecule has 1 spiro atoms. The molecule has 0 radical (unpaired) electrons. The van der Waals surface area contributed by atoms with E-state index >= 15 is 0 Å². The van der Waals surface area contributed by atoms with Crippen LogP contribution in [0.15, 0.2) is 206 Å². The molecule has 1 atom stereocenters. The van der Waals surface area contributed by atoms with Gasteiger partial charge in [0, 0.05) is 61.0 Å². The number of anilines is 7. The van der Waals surface area contributed by atoms with Crippen LogP contribution in [-0.4, -0.2) is 19.8 Å². The standard InChI is InChI=1S/C71H56BN3S2/c1-44-38-62-66-63(39-44)75(60-33-19-15-27-49(60)46-24-10-6-11-25-46)67-54-40-47(70(2,3)4)34-35-64(54)76-69(67)72(66)58-41-52-50-28-12-16-30-55(50)71(56-31-17-13-29-51(56)53-42-65(77-68(53)71)73-36-20-7-21-37-73)57(52)43-61(58)74(62)59-32-18-14-26-48(59)45-22-8-5-9-23-45/h5-6,8-19,22-35,38-43H,7,20-21,36-37H2,1-4H3/t71-/m1/s1. The van der Waals surface area contributed by atoms with Crippen molar-refractivity contribution in [3.63, 3.8) is 0 Å². The van der Waals surface area contributed by atoms with Gasteiger partial charge in [-0.1, -0.05) is 178 Å². The molecule has 2 aromatic heterocycles. The Kier molecular flexibility index (Phi) is 9.89. The molecule has 1 saturated heterocycles. The third kappa shape index (κ3) is 6.43. The number of nitrogens with zero attached hydrogens (tertiary/aromatic N) is 3. The van der Waals surface area contributed by atoms with Crippen molar-refractivity contribution in [3.8, 4) is 44.5 Å². The van der Waals surface area contributed by atoms with Gasteiger partial charge in [0.05, 0.1) is 27.5 Å². The smallest absolute Gasteiger partial charge is 0.264 e. The summed E-state index contributed by atoms with van der Waals surface area (Å²) < 4.78 is 2.71. The quantitative estimate of drug-likeness (QED) is 0.159. The number of para-hydroxylation sites is 2. The lowest BCUT2D eigenvalue weighted by atomic mass is 9.36. The van der Waals surface area contributed by atoms with Crippen LogP contribution in [0.2, 0.25) is 0 Å². The number of thiophene rings is 2. The Bertz CT molecular complexity index is 4230. The summed E-state index contributed by atoms with van der Waals surface area (Å²) in [7, 11) is 0. The molecule has 3 aliphatic heterocycles. The minimum Gasteiger partial charge on any atom is -0.363 e. The van der Waals surface area contributed by atoms with Crippen LogP contribution in [0.25, 0.3) is 54.6 Å². The summed E-state index contributed by atoms with van der Waals surface area (Å²) in [6.07, 6.45) is 3.82.